The lowest BCUT2D eigenvalue weighted by molar-refractivity contribution is -0.146. The third-order valence-corrected chi connectivity index (χ3v) is 7.58. The molecule has 1 heterocycles. The van der Waals surface area contributed by atoms with E-state index in [1.54, 1.807) is 11.0 Å². The molecule has 1 saturated carbocycles. The molecule has 0 radical (unpaired) electrons. The van der Waals surface area contributed by atoms with Gasteiger partial charge in [0.15, 0.2) is 0 Å². The SMILES string of the molecule is O=C(NC/C=C/C(=O)N1CC(C(=O)O)C2(CCC2)C1)OCC1c2ccccc2-c2ccccc21. The zero-order valence-corrected chi connectivity index (χ0v) is 18.9. The van der Waals surface area contributed by atoms with Crippen molar-refractivity contribution in [3.8, 4) is 11.1 Å². The van der Waals surface area contributed by atoms with Gasteiger partial charge in [0.2, 0.25) is 5.91 Å². The summed E-state index contributed by atoms with van der Waals surface area (Å²) in [6.45, 7) is 1.13. The summed E-state index contributed by atoms with van der Waals surface area (Å²) in [7, 11) is 0. The zero-order chi connectivity index (χ0) is 23.7. The minimum Gasteiger partial charge on any atom is -0.481 e. The quantitative estimate of drug-likeness (QED) is 0.640. The Kier molecular flexibility index (Phi) is 5.86. The van der Waals surface area contributed by atoms with Gasteiger partial charge in [-0.05, 0) is 35.1 Å². The van der Waals surface area contributed by atoms with E-state index in [0.717, 1.165) is 30.4 Å². The van der Waals surface area contributed by atoms with Gasteiger partial charge >= 0.3 is 12.1 Å². The van der Waals surface area contributed by atoms with Gasteiger partial charge < -0.3 is 20.1 Å². The highest BCUT2D eigenvalue weighted by Gasteiger charge is 2.54. The number of aliphatic carboxylic acids is 1. The van der Waals surface area contributed by atoms with E-state index in [2.05, 4.69) is 29.6 Å². The minimum absolute atomic E-state index is 0.00792. The second-order valence-electron chi connectivity index (χ2n) is 9.43. The van der Waals surface area contributed by atoms with Crippen LogP contribution in [0, 0.1) is 11.3 Å². The molecule has 1 spiro atoms. The van der Waals surface area contributed by atoms with Crippen molar-refractivity contribution in [2.45, 2.75) is 25.2 Å². The smallest absolute Gasteiger partial charge is 0.407 e. The minimum atomic E-state index is -0.823. The highest BCUT2D eigenvalue weighted by atomic mass is 16.5. The predicted octanol–water partition coefficient (Wildman–Crippen LogP) is 3.79. The Morgan fingerprint density at radius 1 is 1.06 bits per heavy atom. The van der Waals surface area contributed by atoms with Crippen LogP contribution < -0.4 is 5.32 Å². The van der Waals surface area contributed by atoms with E-state index in [1.807, 2.05) is 24.3 Å². The summed E-state index contributed by atoms with van der Waals surface area (Å²) in [5.41, 5.74) is 4.39. The number of likely N-dealkylation sites (tertiary alicyclic amines) is 1. The summed E-state index contributed by atoms with van der Waals surface area (Å²) in [5.74, 6) is -1.54. The highest BCUT2D eigenvalue weighted by molar-refractivity contribution is 5.89. The second kappa shape index (κ2) is 8.97. The highest BCUT2D eigenvalue weighted by Crippen LogP contribution is 2.51. The summed E-state index contributed by atoms with van der Waals surface area (Å²) in [6.07, 6.45) is 5.18. The maximum Gasteiger partial charge on any atom is 0.407 e. The zero-order valence-electron chi connectivity index (χ0n) is 18.9. The summed E-state index contributed by atoms with van der Waals surface area (Å²) in [6, 6.07) is 16.3. The molecule has 176 valence electrons. The van der Waals surface area contributed by atoms with Gasteiger partial charge in [-0.15, -0.1) is 0 Å². The van der Waals surface area contributed by atoms with Gasteiger partial charge in [0.05, 0.1) is 5.92 Å². The molecule has 2 fully saturated rings. The van der Waals surface area contributed by atoms with E-state index in [-0.39, 0.29) is 36.9 Å². The molecule has 5 rings (SSSR count). The molecule has 0 bridgehead atoms. The van der Waals surface area contributed by atoms with E-state index in [0.29, 0.717) is 6.54 Å². The lowest BCUT2D eigenvalue weighted by atomic mass is 9.63. The van der Waals surface area contributed by atoms with E-state index < -0.39 is 18.0 Å². The monoisotopic (exact) mass is 460 g/mol. The molecule has 2 N–H and O–H groups in total. The molecular weight excluding hydrogens is 432 g/mol. The lowest BCUT2D eigenvalue weighted by Crippen LogP contribution is -2.41. The van der Waals surface area contributed by atoms with Gasteiger partial charge in [-0.3, -0.25) is 9.59 Å². The molecule has 1 unspecified atom stereocenters. The number of alkyl carbamates (subject to hydrolysis) is 1. The van der Waals surface area contributed by atoms with Crippen LogP contribution in [0.2, 0.25) is 0 Å². The maximum atomic E-state index is 12.5. The van der Waals surface area contributed by atoms with Crippen molar-refractivity contribution in [2.24, 2.45) is 11.3 Å². The molecule has 2 aliphatic carbocycles. The number of nitrogens with one attached hydrogen (secondary N) is 1. The summed E-state index contributed by atoms with van der Waals surface area (Å²) >= 11 is 0. The molecule has 34 heavy (non-hydrogen) atoms. The fraction of sp³-hybridized carbons (Fsp3) is 0.370. The van der Waals surface area contributed by atoms with Crippen LogP contribution in [0.5, 0.6) is 0 Å². The number of fused-ring (bicyclic) bond motifs is 3. The Hall–Kier alpha value is -3.61. The molecule has 1 atom stereocenters. The predicted molar refractivity (Wildman–Crippen MR) is 126 cm³/mol. The Labute approximate surface area is 198 Å². The van der Waals surface area contributed by atoms with Crippen LogP contribution in [0.3, 0.4) is 0 Å². The van der Waals surface area contributed by atoms with Crippen molar-refractivity contribution in [3.05, 3.63) is 71.8 Å². The van der Waals surface area contributed by atoms with Crippen LogP contribution in [0.25, 0.3) is 11.1 Å². The van der Waals surface area contributed by atoms with Crippen LogP contribution >= 0.6 is 0 Å². The van der Waals surface area contributed by atoms with Crippen LogP contribution in [0.15, 0.2) is 60.7 Å². The normalized spacial score (nSPS) is 20.1. The third-order valence-electron chi connectivity index (χ3n) is 7.58. The number of ether oxygens (including phenoxy) is 1. The summed E-state index contributed by atoms with van der Waals surface area (Å²) in [4.78, 5) is 38.0. The summed E-state index contributed by atoms with van der Waals surface area (Å²) < 4.78 is 5.49. The molecule has 2 aromatic carbocycles. The molecule has 1 aliphatic heterocycles. The largest absolute Gasteiger partial charge is 0.481 e. The number of carbonyl (C=O) groups is 3. The Balaban J connectivity index is 1.11. The van der Waals surface area contributed by atoms with Gasteiger partial charge in [-0.2, -0.15) is 0 Å². The van der Waals surface area contributed by atoms with Crippen LogP contribution in [0.1, 0.15) is 36.3 Å². The average Bonchev–Trinajstić information content (AvgIpc) is 3.38. The number of carbonyl (C=O) groups excluding carboxylic acids is 2. The fourth-order valence-electron chi connectivity index (χ4n) is 5.67. The third kappa shape index (κ3) is 3.95. The fourth-order valence-corrected chi connectivity index (χ4v) is 5.67. The molecule has 1 saturated heterocycles. The summed E-state index contributed by atoms with van der Waals surface area (Å²) in [5, 5.41) is 12.2. The van der Waals surface area contributed by atoms with Crippen molar-refractivity contribution in [3.63, 3.8) is 0 Å². The van der Waals surface area contributed by atoms with Crippen LogP contribution in [-0.4, -0.2) is 54.2 Å². The Morgan fingerprint density at radius 3 is 2.26 bits per heavy atom. The van der Waals surface area contributed by atoms with Crippen molar-refractivity contribution < 1.29 is 24.2 Å². The van der Waals surface area contributed by atoms with Gasteiger partial charge in [0.25, 0.3) is 0 Å². The van der Waals surface area contributed by atoms with Crippen molar-refractivity contribution in [2.75, 3.05) is 26.2 Å². The number of hydrogen-bond acceptors (Lipinski definition) is 4. The van der Waals surface area contributed by atoms with E-state index in [1.165, 1.54) is 17.2 Å². The first kappa shape index (κ1) is 22.2. The number of amides is 2. The van der Waals surface area contributed by atoms with Gasteiger partial charge in [-0.1, -0.05) is 61.0 Å². The molecule has 0 aromatic heterocycles. The number of nitrogens with zero attached hydrogens (tertiary/aromatic N) is 1. The molecular formula is C27H28N2O5. The Morgan fingerprint density at radius 2 is 1.71 bits per heavy atom. The first-order valence-corrected chi connectivity index (χ1v) is 11.8. The lowest BCUT2D eigenvalue weighted by Gasteiger charge is -2.40. The van der Waals surface area contributed by atoms with Crippen molar-refractivity contribution >= 4 is 18.0 Å². The number of carboxylic acid groups (broad SMARTS) is 1. The molecule has 7 heteroatoms. The molecule has 7 nitrogen and oxygen atoms in total. The van der Waals surface area contributed by atoms with Crippen molar-refractivity contribution in [1.82, 2.24) is 10.2 Å². The van der Waals surface area contributed by atoms with Crippen LogP contribution in [-0.2, 0) is 14.3 Å². The molecule has 2 amide bonds. The molecule has 2 aromatic rings. The van der Waals surface area contributed by atoms with E-state index in [9.17, 15) is 19.5 Å². The maximum absolute atomic E-state index is 12.5. The van der Waals surface area contributed by atoms with Crippen LogP contribution in [0.4, 0.5) is 4.79 Å². The van der Waals surface area contributed by atoms with Gasteiger partial charge in [0.1, 0.15) is 6.61 Å². The number of hydrogen-bond donors (Lipinski definition) is 2. The first-order valence-electron chi connectivity index (χ1n) is 11.8. The van der Waals surface area contributed by atoms with Gasteiger partial charge in [-0.25, -0.2) is 4.79 Å². The van der Waals surface area contributed by atoms with Gasteiger partial charge in [0, 0.05) is 37.0 Å². The average molecular weight is 461 g/mol. The number of rotatable bonds is 6. The van der Waals surface area contributed by atoms with E-state index in [4.69, 9.17) is 4.74 Å². The Bertz CT molecular complexity index is 1110. The number of carboxylic acids is 1. The molecule has 3 aliphatic rings. The van der Waals surface area contributed by atoms with E-state index >= 15 is 0 Å². The topological polar surface area (TPSA) is 95.9 Å². The van der Waals surface area contributed by atoms with Crippen molar-refractivity contribution in [1.29, 1.82) is 0 Å². The number of benzene rings is 2. The standard InChI is InChI=1S/C27H28N2O5/c30-24(29-15-23(25(31)32)27(17-29)12-6-13-27)11-5-14-28-26(33)34-16-22-20-9-3-1-7-18(20)19-8-2-4-10-21(19)22/h1-5,7-11,22-23H,6,12-17H2,(H,28,33)(H,31,32)/b11-5+. The second-order valence-corrected chi connectivity index (χ2v) is 9.43. The first-order chi connectivity index (χ1) is 16.5.